The van der Waals surface area contributed by atoms with Crippen LogP contribution in [0.4, 0.5) is 0 Å². The summed E-state index contributed by atoms with van der Waals surface area (Å²) in [6.07, 6.45) is -0.423. The molecule has 0 bridgehead atoms. The van der Waals surface area contributed by atoms with Crippen molar-refractivity contribution < 1.29 is 4.74 Å². The number of rotatable bonds is 3. The molecule has 2 heterocycles. The van der Waals surface area contributed by atoms with Crippen LogP contribution in [-0.4, -0.2) is 9.97 Å². The Bertz CT molecular complexity index is 951. The van der Waals surface area contributed by atoms with Crippen molar-refractivity contribution in [3.05, 3.63) is 54.3 Å². The number of hydrogen-bond acceptors (Lipinski definition) is 4. The van der Waals surface area contributed by atoms with Gasteiger partial charge < -0.3 is 9.72 Å². The number of aromatic amines is 1. The molecule has 0 saturated heterocycles. The first-order valence-electron chi connectivity index (χ1n) is 6.98. The highest BCUT2D eigenvalue weighted by Gasteiger charge is 2.17. The van der Waals surface area contributed by atoms with Gasteiger partial charge in [0.2, 0.25) is 0 Å². The fourth-order valence-corrected chi connectivity index (χ4v) is 4.04. The van der Waals surface area contributed by atoms with Crippen molar-refractivity contribution in [1.29, 1.82) is 0 Å². The van der Waals surface area contributed by atoms with Gasteiger partial charge in [-0.2, -0.15) is 0 Å². The molecule has 0 aliphatic carbocycles. The predicted octanol–water partition coefficient (Wildman–Crippen LogP) is 5.16. The molecule has 4 nitrogen and oxygen atoms in total. The van der Waals surface area contributed by atoms with E-state index in [0.717, 1.165) is 19.7 Å². The Hall–Kier alpha value is -1.37. The molecule has 1 aromatic carbocycles. The number of hydrogen-bond donors (Lipinski definition) is 1. The van der Waals surface area contributed by atoms with Crippen molar-refractivity contribution in [2.24, 2.45) is 0 Å². The van der Waals surface area contributed by atoms with Gasteiger partial charge in [-0.05, 0) is 44.5 Å². The lowest BCUT2D eigenvalue weighted by atomic mass is 10.2. The monoisotopic (exact) mass is 412 g/mol. The molecule has 0 spiro atoms. The summed E-state index contributed by atoms with van der Waals surface area (Å²) >= 11 is 11.0. The van der Waals surface area contributed by atoms with E-state index in [0.29, 0.717) is 22.0 Å². The SMILES string of the molecule is Cc1sc2nc([C@H](C)Oc3ccc(Br)cc3Cl)[nH]c(=O)c2c1C. The second-order valence-electron chi connectivity index (χ2n) is 5.25. The van der Waals surface area contributed by atoms with Crippen molar-refractivity contribution in [2.75, 3.05) is 0 Å². The van der Waals surface area contributed by atoms with Crippen molar-refractivity contribution in [3.8, 4) is 5.75 Å². The molecule has 0 radical (unpaired) electrons. The quantitative estimate of drug-likeness (QED) is 0.645. The smallest absolute Gasteiger partial charge is 0.260 e. The number of fused-ring (bicyclic) bond motifs is 1. The number of nitrogens with zero attached hydrogens (tertiary/aromatic N) is 1. The Morgan fingerprint density at radius 1 is 1.39 bits per heavy atom. The van der Waals surface area contributed by atoms with E-state index in [1.807, 2.05) is 26.8 Å². The van der Waals surface area contributed by atoms with Crippen LogP contribution in [0.15, 0.2) is 27.5 Å². The lowest BCUT2D eigenvalue weighted by Crippen LogP contribution is -2.16. The Morgan fingerprint density at radius 2 is 2.13 bits per heavy atom. The summed E-state index contributed by atoms with van der Waals surface area (Å²) < 4.78 is 6.72. The number of thiophene rings is 1. The number of H-pyrrole nitrogens is 1. The molecular weight excluding hydrogens is 400 g/mol. The molecule has 2 aromatic heterocycles. The normalized spacial score (nSPS) is 12.6. The van der Waals surface area contributed by atoms with E-state index in [9.17, 15) is 4.79 Å². The van der Waals surface area contributed by atoms with Crippen LogP contribution < -0.4 is 10.3 Å². The fraction of sp³-hybridized carbons (Fsp3) is 0.250. The lowest BCUT2D eigenvalue weighted by Gasteiger charge is -2.15. The number of aryl methyl sites for hydroxylation is 2. The molecule has 23 heavy (non-hydrogen) atoms. The molecule has 1 atom stereocenters. The van der Waals surface area contributed by atoms with Gasteiger partial charge in [-0.3, -0.25) is 4.79 Å². The Morgan fingerprint density at radius 3 is 2.83 bits per heavy atom. The summed E-state index contributed by atoms with van der Waals surface area (Å²) in [5, 5.41) is 1.16. The van der Waals surface area contributed by atoms with Crippen LogP contribution in [0.5, 0.6) is 5.75 Å². The third kappa shape index (κ3) is 3.16. The highest BCUT2D eigenvalue weighted by atomic mass is 79.9. The Balaban J connectivity index is 1.98. The number of benzene rings is 1. The largest absolute Gasteiger partial charge is 0.481 e. The molecule has 7 heteroatoms. The maximum absolute atomic E-state index is 12.3. The van der Waals surface area contributed by atoms with E-state index in [1.165, 1.54) is 11.3 Å². The van der Waals surface area contributed by atoms with Gasteiger partial charge in [0.1, 0.15) is 10.6 Å². The molecular formula is C16H14BrClN2O2S. The van der Waals surface area contributed by atoms with Crippen LogP contribution >= 0.6 is 38.9 Å². The van der Waals surface area contributed by atoms with Gasteiger partial charge >= 0.3 is 0 Å². The van der Waals surface area contributed by atoms with Gasteiger partial charge in [0.05, 0.1) is 10.4 Å². The average Bonchev–Trinajstić information content (AvgIpc) is 2.77. The summed E-state index contributed by atoms with van der Waals surface area (Å²) in [6, 6.07) is 5.38. The van der Waals surface area contributed by atoms with Gasteiger partial charge in [-0.1, -0.05) is 27.5 Å². The molecule has 0 fully saturated rings. The predicted molar refractivity (Wildman–Crippen MR) is 97.9 cm³/mol. The topological polar surface area (TPSA) is 55.0 Å². The minimum atomic E-state index is -0.423. The summed E-state index contributed by atoms with van der Waals surface area (Å²) in [4.78, 5) is 21.5. The van der Waals surface area contributed by atoms with E-state index < -0.39 is 6.10 Å². The van der Waals surface area contributed by atoms with Gasteiger partial charge in [0.25, 0.3) is 5.56 Å². The second-order valence-corrected chi connectivity index (χ2v) is 7.78. The maximum atomic E-state index is 12.3. The standard InChI is InChI=1S/C16H14BrClN2O2S/c1-7-9(3)23-16-13(7)15(21)19-14(20-16)8(2)22-12-5-4-10(17)6-11(12)18/h4-6,8H,1-3H3,(H,19,20,21)/t8-/m0/s1. The van der Waals surface area contributed by atoms with Crippen molar-refractivity contribution in [2.45, 2.75) is 26.9 Å². The third-order valence-corrected chi connectivity index (χ3v) is 5.53. The van der Waals surface area contributed by atoms with Crippen molar-refractivity contribution >= 4 is 49.1 Å². The highest BCUT2D eigenvalue weighted by Crippen LogP contribution is 2.31. The molecule has 0 aliphatic rings. The molecule has 120 valence electrons. The summed E-state index contributed by atoms with van der Waals surface area (Å²) in [7, 11) is 0. The zero-order valence-corrected chi connectivity index (χ0v) is 15.9. The van der Waals surface area contributed by atoms with Crippen molar-refractivity contribution in [1.82, 2.24) is 9.97 Å². The molecule has 0 unspecified atom stereocenters. The van der Waals surface area contributed by atoms with E-state index in [1.54, 1.807) is 12.1 Å². The Labute approximate surface area is 150 Å². The van der Waals surface area contributed by atoms with Crippen molar-refractivity contribution in [3.63, 3.8) is 0 Å². The van der Waals surface area contributed by atoms with Gasteiger partial charge in [-0.25, -0.2) is 4.98 Å². The van der Waals surface area contributed by atoms with E-state index in [4.69, 9.17) is 16.3 Å². The van der Waals surface area contributed by atoms with E-state index in [-0.39, 0.29) is 5.56 Å². The number of ether oxygens (including phenoxy) is 1. The molecule has 0 saturated carbocycles. The molecule has 0 aliphatic heterocycles. The fourth-order valence-electron chi connectivity index (χ4n) is 2.28. The molecule has 1 N–H and O–H groups in total. The molecule has 3 aromatic rings. The minimum Gasteiger partial charge on any atom is -0.481 e. The summed E-state index contributed by atoms with van der Waals surface area (Å²) in [6.45, 7) is 5.75. The van der Waals surface area contributed by atoms with E-state index in [2.05, 4.69) is 25.9 Å². The first kappa shape index (κ1) is 16.5. The molecule has 0 amide bonds. The van der Waals surface area contributed by atoms with Crippen LogP contribution in [0, 0.1) is 13.8 Å². The number of nitrogens with one attached hydrogen (secondary N) is 1. The van der Waals surface area contributed by atoms with Crippen LogP contribution in [0.2, 0.25) is 5.02 Å². The maximum Gasteiger partial charge on any atom is 0.260 e. The number of aromatic nitrogens is 2. The van der Waals surface area contributed by atoms with Gasteiger partial charge in [-0.15, -0.1) is 11.3 Å². The Kier molecular flexibility index (Phi) is 4.49. The summed E-state index contributed by atoms with van der Waals surface area (Å²) in [5.74, 6) is 1.03. The first-order valence-corrected chi connectivity index (χ1v) is 8.97. The van der Waals surface area contributed by atoms with E-state index >= 15 is 0 Å². The summed E-state index contributed by atoms with van der Waals surface area (Å²) in [5.41, 5.74) is 0.846. The second kappa shape index (κ2) is 6.26. The zero-order chi connectivity index (χ0) is 16.7. The first-order chi connectivity index (χ1) is 10.9. The number of halogens is 2. The third-order valence-electron chi connectivity index (χ3n) is 3.64. The lowest BCUT2D eigenvalue weighted by molar-refractivity contribution is 0.217. The highest BCUT2D eigenvalue weighted by molar-refractivity contribution is 9.10. The minimum absolute atomic E-state index is 0.135. The zero-order valence-electron chi connectivity index (χ0n) is 12.7. The molecule has 3 rings (SSSR count). The van der Waals surface area contributed by atoms with Crippen LogP contribution in [-0.2, 0) is 0 Å². The average molecular weight is 414 g/mol. The van der Waals surface area contributed by atoms with Crippen LogP contribution in [0.1, 0.15) is 29.3 Å². The van der Waals surface area contributed by atoms with Gasteiger partial charge in [0.15, 0.2) is 11.9 Å². The van der Waals surface area contributed by atoms with Crippen LogP contribution in [0.25, 0.3) is 10.2 Å². The van der Waals surface area contributed by atoms with Crippen LogP contribution in [0.3, 0.4) is 0 Å². The van der Waals surface area contributed by atoms with Gasteiger partial charge in [0, 0.05) is 9.35 Å².